The Morgan fingerprint density at radius 3 is 2.52 bits per heavy atom. The van der Waals surface area contributed by atoms with E-state index in [9.17, 15) is 0 Å². The summed E-state index contributed by atoms with van der Waals surface area (Å²) in [7, 11) is 0. The minimum absolute atomic E-state index is 0.656. The van der Waals surface area contributed by atoms with Gasteiger partial charge in [0, 0.05) is 26.1 Å². The van der Waals surface area contributed by atoms with Crippen LogP contribution in [0.25, 0.3) is 0 Å². The summed E-state index contributed by atoms with van der Waals surface area (Å²) in [6.07, 6.45) is 0.897. The maximum absolute atomic E-state index is 5.98. The fourth-order valence-electron chi connectivity index (χ4n) is 2.69. The molecule has 4 nitrogen and oxygen atoms in total. The summed E-state index contributed by atoms with van der Waals surface area (Å²) in [6.45, 7) is 4.93. The lowest BCUT2D eigenvalue weighted by Crippen LogP contribution is -2.47. The van der Waals surface area contributed by atoms with Gasteiger partial charge in [-0.2, -0.15) is 0 Å². The van der Waals surface area contributed by atoms with E-state index in [1.165, 1.54) is 11.1 Å². The van der Waals surface area contributed by atoms with E-state index < -0.39 is 0 Å². The van der Waals surface area contributed by atoms with Gasteiger partial charge in [-0.3, -0.25) is 5.43 Å². The molecule has 1 fully saturated rings. The van der Waals surface area contributed by atoms with Gasteiger partial charge in [-0.1, -0.05) is 48.5 Å². The molecule has 1 saturated heterocycles. The molecule has 1 heterocycles. The molecule has 0 amide bonds. The fourth-order valence-corrected chi connectivity index (χ4v) is 2.69. The Morgan fingerprint density at radius 2 is 1.70 bits per heavy atom. The van der Waals surface area contributed by atoms with Gasteiger partial charge in [-0.15, -0.1) is 0 Å². The monoisotopic (exact) mass is 312 g/mol. The number of nitrogens with zero attached hydrogens (tertiary/aromatic N) is 1. The quantitative estimate of drug-likeness (QED) is 0.797. The summed E-state index contributed by atoms with van der Waals surface area (Å²) >= 11 is 0. The van der Waals surface area contributed by atoms with Crippen molar-refractivity contribution in [2.75, 3.05) is 39.5 Å². The number of rotatable bonds is 7. The number of benzene rings is 2. The molecule has 1 N–H and O–H groups in total. The van der Waals surface area contributed by atoms with Gasteiger partial charge in [0.25, 0.3) is 0 Å². The fraction of sp³-hybridized carbons (Fsp3) is 0.368. The average molecular weight is 312 g/mol. The first-order chi connectivity index (χ1) is 11.4. The SMILES string of the molecule is c1ccc(Cc2ccccc2OCCNN2CCOCC2)cc1. The van der Waals surface area contributed by atoms with Crippen molar-refractivity contribution < 1.29 is 9.47 Å². The van der Waals surface area contributed by atoms with E-state index in [-0.39, 0.29) is 0 Å². The van der Waals surface area contributed by atoms with Crippen LogP contribution in [0.4, 0.5) is 0 Å². The average Bonchev–Trinajstić information content (AvgIpc) is 2.62. The van der Waals surface area contributed by atoms with Gasteiger partial charge in [-0.05, 0) is 17.2 Å². The molecule has 23 heavy (non-hydrogen) atoms. The van der Waals surface area contributed by atoms with Gasteiger partial charge in [0.15, 0.2) is 0 Å². The van der Waals surface area contributed by atoms with Gasteiger partial charge < -0.3 is 9.47 Å². The van der Waals surface area contributed by atoms with E-state index in [1.807, 2.05) is 18.2 Å². The van der Waals surface area contributed by atoms with Crippen LogP contribution in [0.2, 0.25) is 0 Å². The molecule has 0 aliphatic carbocycles. The summed E-state index contributed by atoms with van der Waals surface area (Å²) in [4.78, 5) is 0. The number of morpholine rings is 1. The van der Waals surface area contributed by atoms with E-state index in [0.29, 0.717) is 6.61 Å². The Balaban J connectivity index is 1.49. The standard InChI is InChI=1S/C19H24N2O2/c1-2-6-17(7-3-1)16-18-8-4-5-9-19(18)23-13-10-20-21-11-14-22-15-12-21/h1-9,20H,10-16H2. The van der Waals surface area contributed by atoms with E-state index in [2.05, 4.69) is 46.8 Å². The maximum Gasteiger partial charge on any atom is 0.122 e. The molecular weight excluding hydrogens is 288 g/mol. The van der Waals surface area contributed by atoms with Crippen LogP contribution in [0.15, 0.2) is 54.6 Å². The molecule has 0 aromatic heterocycles. The van der Waals surface area contributed by atoms with E-state index in [1.54, 1.807) is 0 Å². The number of nitrogens with one attached hydrogen (secondary N) is 1. The smallest absolute Gasteiger partial charge is 0.122 e. The van der Waals surface area contributed by atoms with Crippen LogP contribution in [0, 0.1) is 0 Å². The highest BCUT2D eigenvalue weighted by Gasteiger charge is 2.09. The van der Waals surface area contributed by atoms with Crippen LogP contribution in [-0.4, -0.2) is 44.5 Å². The Labute approximate surface area is 138 Å². The van der Waals surface area contributed by atoms with Crippen LogP contribution < -0.4 is 10.2 Å². The molecule has 0 atom stereocenters. The van der Waals surface area contributed by atoms with Gasteiger partial charge in [0.1, 0.15) is 12.4 Å². The highest BCUT2D eigenvalue weighted by atomic mass is 16.5. The second-order valence-corrected chi connectivity index (χ2v) is 5.63. The first-order valence-corrected chi connectivity index (χ1v) is 8.22. The van der Waals surface area contributed by atoms with Crippen molar-refractivity contribution in [1.29, 1.82) is 0 Å². The third-order valence-electron chi connectivity index (χ3n) is 3.92. The maximum atomic E-state index is 5.98. The Morgan fingerprint density at radius 1 is 0.957 bits per heavy atom. The normalized spacial score (nSPS) is 15.5. The molecule has 0 radical (unpaired) electrons. The highest BCUT2D eigenvalue weighted by Crippen LogP contribution is 2.21. The lowest BCUT2D eigenvalue weighted by Gasteiger charge is -2.27. The van der Waals surface area contributed by atoms with Crippen molar-refractivity contribution in [2.24, 2.45) is 0 Å². The molecule has 0 unspecified atom stereocenters. The number of hydrogen-bond acceptors (Lipinski definition) is 4. The third-order valence-corrected chi connectivity index (χ3v) is 3.92. The minimum Gasteiger partial charge on any atom is -0.492 e. The number of para-hydroxylation sites is 1. The number of hydrogen-bond donors (Lipinski definition) is 1. The van der Waals surface area contributed by atoms with Crippen LogP contribution in [-0.2, 0) is 11.2 Å². The zero-order valence-corrected chi connectivity index (χ0v) is 13.4. The number of hydrazine groups is 1. The Kier molecular flexibility index (Phi) is 6.03. The topological polar surface area (TPSA) is 33.7 Å². The van der Waals surface area contributed by atoms with Crippen molar-refractivity contribution in [1.82, 2.24) is 10.4 Å². The van der Waals surface area contributed by atoms with Gasteiger partial charge >= 0.3 is 0 Å². The molecule has 0 saturated carbocycles. The lowest BCUT2D eigenvalue weighted by molar-refractivity contribution is 0.0100. The molecule has 4 heteroatoms. The van der Waals surface area contributed by atoms with Crippen molar-refractivity contribution in [3.63, 3.8) is 0 Å². The molecule has 2 aromatic carbocycles. The van der Waals surface area contributed by atoms with Gasteiger partial charge in [0.05, 0.1) is 13.2 Å². The van der Waals surface area contributed by atoms with Gasteiger partial charge in [-0.25, -0.2) is 5.01 Å². The summed E-state index contributed by atoms with van der Waals surface area (Å²) < 4.78 is 11.3. The summed E-state index contributed by atoms with van der Waals surface area (Å²) in [6, 6.07) is 18.8. The predicted octanol–water partition coefficient (Wildman–Crippen LogP) is 2.49. The van der Waals surface area contributed by atoms with Crippen molar-refractivity contribution in [3.05, 3.63) is 65.7 Å². The minimum atomic E-state index is 0.656. The Bertz CT molecular complexity index is 583. The third kappa shape index (κ3) is 5.06. The first-order valence-electron chi connectivity index (χ1n) is 8.22. The molecule has 3 rings (SSSR count). The van der Waals surface area contributed by atoms with E-state index in [4.69, 9.17) is 9.47 Å². The molecule has 0 spiro atoms. The molecule has 2 aromatic rings. The highest BCUT2D eigenvalue weighted by molar-refractivity contribution is 5.37. The molecule has 0 bridgehead atoms. The van der Waals surface area contributed by atoms with E-state index >= 15 is 0 Å². The van der Waals surface area contributed by atoms with E-state index in [0.717, 1.165) is 45.0 Å². The summed E-state index contributed by atoms with van der Waals surface area (Å²) in [5, 5.41) is 2.20. The largest absolute Gasteiger partial charge is 0.492 e. The lowest BCUT2D eigenvalue weighted by atomic mass is 10.0. The second kappa shape index (κ2) is 8.67. The summed E-state index contributed by atoms with van der Waals surface area (Å²) in [5.74, 6) is 0.972. The van der Waals surface area contributed by atoms with Crippen molar-refractivity contribution in [3.8, 4) is 5.75 Å². The molecular formula is C19H24N2O2. The predicted molar refractivity (Wildman–Crippen MR) is 91.6 cm³/mol. The zero-order valence-electron chi connectivity index (χ0n) is 13.4. The van der Waals surface area contributed by atoms with Crippen LogP contribution in [0.3, 0.4) is 0 Å². The van der Waals surface area contributed by atoms with Crippen LogP contribution >= 0.6 is 0 Å². The zero-order chi connectivity index (χ0) is 15.7. The first kappa shape index (κ1) is 16.0. The van der Waals surface area contributed by atoms with Crippen LogP contribution in [0.5, 0.6) is 5.75 Å². The second-order valence-electron chi connectivity index (χ2n) is 5.63. The Hall–Kier alpha value is -1.88. The van der Waals surface area contributed by atoms with Gasteiger partial charge in [0.2, 0.25) is 0 Å². The summed E-state index contributed by atoms with van der Waals surface area (Å²) in [5.41, 5.74) is 5.92. The molecule has 1 aliphatic heterocycles. The molecule has 122 valence electrons. The molecule has 1 aliphatic rings. The van der Waals surface area contributed by atoms with Crippen molar-refractivity contribution >= 4 is 0 Å². The van der Waals surface area contributed by atoms with Crippen LogP contribution in [0.1, 0.15) is 11.1 Å². The van der Waals surface area contributed by atoms with Crippen molar-refractivity contribution in [2.45, 2.75) is 6.42 Å². The number of ether oxygens (including phenoxy) is 2.